The standard InChI is InChI=1S/C19H22ClNO3/c1-3-23-17-10-5-14(13-18(17)24-4-2)11-12-21-19(22)15-6-8-16(20)9-7-15/h5-10,13H,3-4,11-12H2,1-2H3,(H,21,22). The molecule has 0 unspecified atom stereocenters. The first-order valence-corrected chi connectivity index (χ1v) is 8.44. The maximum Gasteiger partial charge on any atom is 0.251 e. The molecular formula is C19H22ClNO3. The van der Waals surface area contributed by atoms with Crippen molar-refractivity contribution in [3.8, 4) is 11.5 Å². The molecule has 0 radical (unpaired) electrons. The molecule has 2 aromatic rings. The van der Waals surface area contributed by atoms with Crippen LogP contribution < -0.4 is 14.8 Å². The van der Waals surface area contributed by atoms with Gasteiger partial charge in [0.25, 0.3) is 5.91 Å². The lowest BCUT2D eigenvalue weighted by Gasteiger charge is -2.12. The van der Waals surface area contributed by atoms with E-state index in [-0.39, 0.29) is 5.91 Å². The number of hydrogen-bond donors (Lipinski definition) is 1. The van der Waals surface area contributed by atoms with Crippen LogP contribution in [0.4, 0.5) is 0 Å². The summed E-state index contributed by atoms with van der Waals surface area (Å²) in [5, 5.41) is 3.52. The maximum absolute atomic E-state index is 12.1. The fraction of sp³-hybridized carbons (Fsp3) is 0.316. The summed E-state index contributed by atoms with van der Waals surface area (Å²) in [6, 6.07) is 12.7. The zero-order chi connectivity index (χ0) is 17.4. The van der Waals surface area contributed by atoms with E-state index in [1.165, 1.54) is 0 Å². The molecule has 0 aliphatic heterocycles. The van der Waals surface area contributed by atoms with E-state index in [9.17, 15) is 4.79 Å². The second kappa shape index (κ2) is 9.18. The van der Waals surface area contributed by atoms with E-state index in [0.717, 1.165) is 17.1 Å². The van der Waals surface area contributed by atoms with Gasteiger partial charge in [-0.15, -0.1) is 0 Å². The number of carbonyl (C=O) groups is 1. The first kappa shape index (κ1) is 18.1. The molecular weight excluding hydrogens is 326 g/mol. The smallest absolute Gasteiger partial charge is 0.251 e. The summed E-state index contributed by atoms with van der Waals surface area (Å²) in [6.45, 7) is 5.60. The zero-order valence-corrected chi connectivity index (χ0v) is 14.7. The van der Waals surface area contributed by atoms with E-state index >= 15 is 0 Å². The highest BCUT2D eigenvalue weighted by Crippen LogP contribution is 2.28. The number of ether oxygens (including phenoxy) is 2. The molecule has 0 aliphatic carbocycles. The van der Waals surface area contributed by atoms with Crippen molar-refractivity contribution in [2.75, 3.05) is 19.8 Å². The molecule has 0 heterocycles. The number of hydrogen-bond acceptors (Lipinski definition) is 3. The van der Waals surface area contributed by atoms with Gasteiger partial charge in [-0.3, -0.25) is 4.79 Å². The monoisotopic (exact) mass is 347 g/mol. The Bertz CT molecular complexity index is 671. The lowest BCUT2D eigenvalue weighted by atomic mass is 10.1. The van der Waals surface area contributed by atoms with E-state index in [0.29, 0.717) is 36.8 Å². The van der Waals surface area contributed by atoms with E-state index < -0.39 is 0 Å². The van der Waals surface area contributed by atoms with Crippen LogP contribution >= 0.6 is 11.6 Å². The number of carbonyl (C=O) groups excluding carboxylic acids is 1. The van der Waals surface area contributed by atoms with Gasteiger partial charge in [0.15, 0.2) is 11.5 Å². The van der Waals surface area contributed by atoms with Crippen LogP contribution in [0.2, 0.25) is 5.02 Å². The second-order valence-corrected chi connectivity index (χ2v) is 5.60. The molecule has 1 amide bonds. The van der Waals surface area contributed by atoms with Gasteiger partial charge in [0.1, 0.15) is 0 Å². The van der Waals surface area contributed by atoms with Gasteiger partial charge in [0.05, 0.1) is 13.2 Å². The molecule has 0 bridgehead atoms. The van der Waals surface area contributed by atoms with Gasteiger partial charge in [-0.2, -0.15) is 0 Å². The molecule has 24 heavy (non-hydrogen) atoms. The summed E-state index contributed by atoms with van der Waals surface area (Å²) in [7, 11) is 0. The third-order valence-corrected chi connectivity index (χ3v) is 3.67. The van der Waals surface area contributed by atoms with Gasteiger partial charge in [-0.1, -0.05) is 17.7 Å². The van der Waals surface area contributed by atoms with Gasteiger partial charge in [-0.25, -0.2) is 0 Å². The summed E-state index contributed by atoms with van der Waals surface area (Å²) in [5.74, 6) is 1.37. The van der Waals surface area contributed by atoms with Crippen LogP contribution in [0.5, 0.6) is 11.5 Å². The molecule has 0 saturated heterocycles. The highest BCUT2D eigenvalue weighted by Gasteiger charge is 2.08. The lowest BCUT2D eigenvalue weighted by molar-refractivity contribution is 0.0954. The van der Waals surface area contributed by atoms with Crippen LogP contribution in [0, 0.1) is 0 Å². The molecule has 0 spiro atoms. The fourth-order valence-electron chi connectivity index (χ4n) is 2.27. The first-order valence-electron chi connectivity index (χ1n) is 8.06. The lowest BCUT2D eigenvalue weighted by Crippen LogP contribution is -2.25. The van der Waals surface area contributed by atoms with Crippen molar-refractivity contribution in [3.05, 3.63) is 58.6 Å². The van der Waals surface area contributed by atoms with Crippen molar-refractivity contribution < 1.29 is 14.3 Å². The van der Waals surface area contributed by atoms with Gasteiger partial charge in [0.2, 0.25) is 0 Å². The average molecular weight is 348 g/mol. The van der Waals surface area contributed by atoms with E-state index in [2.05, 4.69) is 5.32 Å². The number of halogens is 1. The molecule has 0 atom stereocenters. The first-order chi connectivity index (χ1) is 11.6. The van der Waals surface area contributed by atoms with Crippen molar-refractivity contribution in [1.29, 1.82) is 0 Å². The molecule has 0 fully saturated rings. The van der Waals surface area contributed by atoms with Gasteiger partial charge in [0, 0.05) is 17.1 Å². The van der Waals surface area contributed by atoms with E-state index in [1.807, 2.05) is 32.0 Å². The Balaban J connectivity index is 1.92. The van der Waals surface area contributed by atoms with Gasteiger partial charge >= 0.3 is 0 Å². The van der Waals surface area contributed by atoms with Crippen molar-refractivity contribution in [2.45, 2.75) is 20.3 Å². The molecule has 1 N–H and O–H groups in total. The van der Waals surface area contributed by atoms with Crippen molar-refractivity contribution in [2.24, 2.45) is 0 Å². The Kier molecular flexibility index (Phi) is 6.94. The topological polar surface area (TPSA) is 47.6 Å². The van der Waals surface area contributed by atoms with E-state index in [1.54, 1.807) is 24.3 Å². The van der Waals surface area contributed by atoms with Crippen LogP contribution in [0.25, 0.3) is 0 Å². The van der Waals surface area contributed by atoms with Crippen LogP contribution in [-0.4, -0.2) is 25.7 Å². The minimum Gasteiger partial charge on any atom is -0.490 e. The largest absolute Gasteiger partial charge is 0.490 e. The number of benzene rings is 2. The zero-order valence-electron chi connectivity index (χ0n) is 14.0. The molecule has 2 aromatic carbocycles. The summed E-state index contributed by atoms with van der Waals surface area (Å²) < 4.78 is 11.2. The highest BCUT2D eigenvalue weighted by atomic mass is 35.5. The van der Waals surface area contributed by atoms with Crippen molar-refractivity contribution in [3.63, 3.8) is 0 Å². The maximum atomic E-state index is 12.1. The summed E-state index contributed by atoms with van der Waals surface area (Å²) in [5.41, 5.74) is 1.68. The predicted octanol–water partition coefficient (Wildman–Crippen LogP) is 4.11. The molecule has 0 aliphatic rings. The quantitative estimate of drug-likeness (QED) is 0.781. The predicted molar refractivity (Wildman–Crippen MR) is 96.3 cm³/mol. The Labute approximate surface area is 147 Å². The Morgan fingerprint density at radius 3 is 2.33 bits per heavy atom. The Morgan fingerprint density at radius 1 is 1.00 bits per heavy atom. The third kappa shape index (κ3) is 5.17. The van der Waals surface area contributed by atoms with Crippen LogP contribution in [0.3, 0.4) is 0 Å². The van der Waals surface area contributed by atoms with Crippen LogP contribution in [0.15, 0.2) is 42.5 Å². The number of nitrogens with one attached hydrogen (secondary N) is 1. The van der Waals surface area contributed by atoms with E-state index in [4.69, 9.17) is 21.1 Å². The summed E-state index contributed by atoms with van der Waals surface area (Å²) in [6.07, 6.45) is 0.714. The Hall–Kier alpha value is -2.20. The van der Waals surface area contributed by atoms with Gasteiger partial charge in [-0.05, 0) is 62.2 Å². The van der Waals surface area contributed by atoms with Crippen molar-refractivity contribution >= 4 is 17.5 Å². The number of rotatable bonds is 8. The van der Waals surface area contributed by atoms with Gasteiger partial charge < -0.3 is 14.8 Å². The highest BCUT2D eigenvalue weighted by molar-refractivity contribution is 6.30. The summed E-state index contributed by atoms with van der Waals surface area (Å²) >= 11 is 5.82. The third-order valence-electron chi connectivity index (χ3n) is 3.41. The minimum atomic E-state index is -0.109. The number of amides is 1. The average Bonchev–Trinajstić information content (AvgIpc) is 2.58. The molecule has 2 rings (SSSR count). The molecule has 128 valence electrons. The molecule has 0 aromatic heterocycles. The second-order valence-electron chi connectivity index (χ2n) is 5.16. The van der Waals surface area contributed by atoms with Crippen molar-refractivity contribution in [1.82, 2.24) is 5.32 Å². The molecule has 4 nitrogen and oxygen atoms in total. The summed E-state index contributed by atoms with van der Waals surface area (Å²) in [4.78, 5) is 12.1. The fourth-order valence-corrected chi connectivity index (χ4v) is 2.40. The SMILES string of the molecule is CCOc1ccc(CCNC(=O)c2ccc(Cl)cc2)cc1OCC. The minimum absolute atomic E-state index is 0.109. The molecule has 0 saturated carbocycles. The molecule has 5 heteroatoms. The Morgan fingerprint density at radius 2 is 1.67 bits per heavy atom. The van der Waals surface area contributed by atoms with Crippen LogP contribution in [0.1, 0.15) is 29.8 Å². The van der Waals surface area contributed by atoms with Crippen LogP contribution in [-0.2, 0) is 6.42 Å². The normalized spacial score (nSPS) is 10.3.